The van der Waals surface area contributed by atoms with Gasteiger partial charge in [-0.3, -0.25) is 5.10 Å². The second-order valence-electron chi connectivity index (χ2n) is 3.84. The molecule has 2 aromatic heterocycles. The molecule has 16 heavy (non-hydrogen) atoms. The lowest BCUT2D eigenvalue weighted by atomic mass is 10.2. The summed E-state index contributed by atoms with van der Waals surface area (Å²) >= 11 is 0. The lowest BCUT2D eigenvalue weighted by molar-refractivity contribution is -0.687. The third-order valence-electron chi connectivity index (χ3n) is 2.65. The molecule has 0 saturated heterocycles. The van der Waals surface area contributed by atoms with Crippen LogP contribution in [0.3, 0.4) is 0 Å². The summed E-state index contributed by atoms with van der Waals surface area (Å²) in [7, 11) is 0. The van der Waals surface area contributed by atoms with Crippen LogP contribution in [0, 0.1) is 0 Å². The third-order valence-corrected chi connectivity index (χ3v) is 2.65. The van der Waals surface area contributed by atoms with Crippen LogP contribution >= 0.6 is 0 Å². The van der Waals surface area contributed by atoms with Crippen LogP contribution in [-0.4, -0.2) is 10.2 Å². The van der Waals surface area contributed by atoms with E-state index >= 15 is 0 Å². The Bertz CT molecular complexity index is 599. The van der Waals surface area contributed by atoms with Crippen molar-refractivity contribution in [3.63, 3.8) is 0 Å². The van der Waals surface area contributed by atoms with E-state index < -0.39 is 0 Å². The summed E-state index contributed by atoms with van der Waals surface area (Å²) in [5, 5.41) is 8.13. The molecule has 3 aromatic rings. The number of rotatable bonds is 2. The van der Waals surface area contributed by atoms with Gasteiger partial charge >= 0.3 is 0 Å². The lowest BCUT2D eigenvalue weighted by Gasteiger charge is -1.96. The number of aromatic amines is 1. The highest BCUT2D eigenvalue weighted by Crippen LogP contribution is 2.06. The summed E-state index contributed by atoms with van der Waals surface area (Å²) in [6.45, 7) is 0.885. The molecule has 1 aromatic carbocycles. The summed E-state index contributed by atoms with van der Waals surface area (Å²) in [5.74, 6) is 0. The molecule has 1 N–H and O–H groups in total. The molecular formula is C13H12N3+. The molecular weight excluding hydrogens is 198 g/mol. The fourth-order valence-electron chi connectivity index (χ4n) is 1.82. The van der Waals surface area contributed by atoms with Gasteiger partial charge in [-0.2, -0.15) is 9.67 Å². The Morgan fingerprint density at radius 2 is 2.00 bits per heavy atom. The van der Waals surface area contributed by atoms with Gasteiger partial charge in [0.15, 0.2) is 18.9 Å². The normalized spacial score (nSPS) is 10.8. The van der Waals surface area contributed by atoms with Gasteiger partial charge in [0.05, 0.1) is 6.20 Å². The fraction of sp³-hybridized carbons (Fsp3) is 0.0769. The molecule has 0 bridgehead atoms. The van der Waals surface area contributed by atoms with Crippen LogP contribution in [0.1, 0.15) is 5.56 Å². The Morgan fingerprint density at radius 3 is 2.88 bits per heavy atom. The van der Waals surface area contributed by atoms with Gasteiger partial charge in [0.2, 0.25) is 0 Å². The molecule has 3 heteroatoms. The van der Waals surface area contributed by atoms with Gasteiger partial charge in [-0.1, -0.05) is 30.3 Å². The number of benzene rings is 1. The monoisotopic (exact) mass is 210 g/mol. The minimum atomic E-state index is 0.885. The average molecular weight is 210 g/mol. The SMILES string of the molecule is c1ccc(C[n+]2ccc3cn[nH]c3c2)cc1. The smallest absolute Gasteiger partial charge is 0.194 e. The second-order valence-corrected chi connectivity index (χ2v) is 3.84. The van der Waals surface area contributed by atoms with Crippen molar-refractivity contribution in [2.75, 3.05) is 0 Å². The van der Waals surface area contributed by atoms with Crippen LogP contribution in [0.5, 0.6) is 0 Å². The van der Waals surface area contributed by atoms with E-state index in [0.717, 1.165) is 17.4 Å². The standard InChI is InChI=1S/C13H11N3/c1-2-4-11(5-3-1)9-16-7-6-12-8-14-15-13(12)10-16/h1-8,10H,9H2/p+1. The Labute approximate surface area is 93.4 Å². The van der Waals surface area contributed by atoms with Gasteiger partial charge < -0.3 is 0 Å². The molecule has 0 atom stereocenters. The zero-order valence-corrected chi connectivity index (χ0v) is 8.80. The topological polar surface area (TPSA) is 32.6 Å². The quantitative estimate of drug-likeness (QED) is 0.644. The second kappa shape index (κ2) is 3.77. The number of aromatic nitrogens is 3. The summed E-state index contributed by atoms with van der Waals surface area (Å²) in [6.07, 6.45) is 5.99. The molecule has 0 aliphatic rings. The van der Waals surface area contributed by atoms with E-state index in [1.807, 2.05) is 12.3 Å². The number of H-pyrrole nitrogens is 1. The van der Waals surface area contributed by atoms with E-state index in [1.54, 1.807) is 0 Å². The van der Waals surface area contributed by atoms with Crippen molar-refractivity contribution in [3.8, 4) is 0 Å². The molecule has 0 spiro atoms. The van der Waals surface area contributed by atoms with Gasteiger partial charge in [-0.15, -0.1) is 0 Å². The number of nitrogens with one attached hydrogen (secondary N) is 1. The first-order valence-electron chi connectivity index (χ1n) is 5.28. The first kappa shape index (κ1) is 9.09. The maximum atomic E-state index is 4.01. The third kappa shape index (κ3) is 1.67. The minimum absolute atomic E-state index is 0.885. The molecule has 2 heterocycles. The maximum Gasteiger partial charge on any atom is 0.194 e. The average Bonchev–Trinajstić information content (AvgIpc) is 2.77. The molecule has 3 nitrogen and oxygen atoms in total. The molecule has 0 aliphatic heterocycles. The van der Waals surface area contributed by atoms with Gasteiger partial charge in [-0.05, 0) is 0 Å². The Hall–Kier alpha value is -2.16. The van der Waals surface area contributed by atoms with Crippen LogP contribution in [0.2, 0.25) is 0 Å². The van der Waals surface area contributed by atoms with Crippen molar-refractivity contribution in [1.82, 2.24) is 10.2 Å². The predicted molar refractivity (Wildman–Crippen MR) is 61.8 cm³/mol. The molecule has 0 saturated carbocycles. The molecule has 0 fully saturated rings. The first-order valence-corrected chi connectivity index (χ1v) is 5.28. The molecule has 3 rings (SSSR count). The summed E-state index contributed by atoms with van der Waals surface area (Å²) in [6, 6.07) is 12.5. The van der Waals surface area contributed by atoms with Crippen molar-refractivity contribution < 1.29 is 4.57 Å². The van der Waals surface area contributed by atoms with Crippen LogP contribution in [0.4, 0.5) is 0 Å². The maximum absolute atomic E-state index is 4.01. The molecule has 0 amide bonds. The highest BCUT2D eigenvalue weighted by molar-refractivity contribution is 5.75. The highest BCUT2D eigenvalue weighted by atomic mass is 15.1. The Morgan fingerprint density at radius 1 is 1.12 bits per heavy atom. The zero-order valence-electron chi connectivity index (χ0n) is 8.80. The van der Waals surface area contributed by atoms with Crippen LogP contribution < -0.4 is 4.57 Å². The van der Waals surface area contributed by atoms with Gasteiger partial charge in [0.25, 0.3) is 0 Å². The van der Waals surface area contributed by atoms with Crippen molar-refractivity contribution in [2.45, 2.75) is 6.54 Å². The number of nitrogens with zero attached hydrogens (tertiary/aromatic N) is 2. The number of pyridine rings is 1. The van der Waals surface area contributed by atoms with E-state index in [2.05, 4.69) is 57.5 Å². The van der Waals surface area contributed by atoms with Gasteiger partial charge in [0.1, 0.15) is 5.52 Å². The summed E-state index contributed by atoms with van der Waals surface area (Å²) in [5.41, 5.74) is 2.37. The van der Waals surface area contributed by atoms with E-state index in [9.17, 15) is 0 Å². The van der Waals surface area contributed by atoms with Gasteiger partial charge in [0, 0.05) is 17.0 Å². The Balaban J connectivity index is 1.94. The summed E-state index contributed by atoms with van der Waals surface area (Å²) < 4.78 is 2.15. The molecule has 0 unspecified atom stereocenters. The van der Waals surface area contributed by atoms with Crippen molar-refractivity contribution in [3.05, 3.63) is 60.6 Å². The van der Waals surface area contributed by atoms with Crippen LogP contribution in [-0.2, 0) is 6.54 Å². The van der Waals surface area contributed by atoms with Crippen LogP contribution in [0.15, 0.2) is 55.0 Å². The van der Waals surface area contributed by atoms with E-state index in [4.69, 9.17) is 0 Å². The number of hydrogen-bond acceptors (Lipinski definition) is 1. The fourth-order valence-corrected chi connectivity index (χ4v) is 1.82. The van der Waals surface area contributed by atoms with E-state index in [1.165, 1.54) is 5.56 Å². The molecule has 78 valence electrons. The van der Waals surface area contributed by atoms with E-state index in [0.29, 0.717) is 0 Å². The number of fused-ring (bicyclic) bond motifs is 1. The Kier molecular flexibility index (Phi) is 2.14. The number of hydrogen-bond donors (Lipinski definition) is 1. The minimum Gasteiger partial charge on any atom is -0.272 e. The van der Waals surface area contributed by atoms with Crippen molar-refractivity contribution >= 4 is 10.9 Å². The molecule has 0 radical (unpaired) electrons. The lowest BCUT2D eigenvalue weighted by Crippen LogP contribution is -2.33. The van der Waals surface area contributed by atoms with Crippen LogP contribution in [0.25, 0.3) is 10.9 Å². The first-order chi connectivity index (χ1) is 7.92. The molecule has 0 aliphatic carbocycles. The van der Waals surface area contributed by atoms with E-state index in [-0.39, 0.29) is 0 Å². The van der Waals surface area contributed by atoms with Gasteiger partial charge in [-0.25, -0.2) is 0 Å². The predicted octanol–water partition coefficient (Wildman–Crippen LogP) is 1.90. The zero-order chi connectivity index (χ0) is 10.8. The largest absolute Gasteiger partial charge is 0.272 e. The van der Waals surface area contributed by atoms with Crippen molar-refractivity contribution in [1.29, 1.82) is 0 Å². The van der Waals surface area contributed by atoms with Crippen molar-refractivity contribution in [2.24, 2.45) is 0 Å². The summed E-state index contributed by atoms with van der Waals surface area (Å²) in [4.78, 5) is 0. The highest BCUT2D eigenvalue weighted by Gasteiger charge is 2.04.